The molecule has 0 bridgehead atoms. The van der Waals surface area contributed by atoms with Gasteiger partial charge < -0.3 is 5.32 Å². The maximum absolute atomic E-state index is 12.6. The fourth-order valence-corrected chi connectivity index (χ4v) is 5.11. The lowest BCUT2D eigenvalue weighted by Crippen LogP contribution is -2.27. The van der Waals surface area contributed by atoms with E-state index < -0.39 is 10.0 Å². The van der Waals surface area contributed by atoms with Crippen LogP contribution < -0.4 is 10.0 Å². The lowest BCUT2D eigenvalue weighted by molar-refractivity contribution is 0.572. The molecule has 0 saturated carbocycles. The van der Waals surface area contributed by atoms with E-state index in [2.05, 4.69) is 23.9 Å². The van der Waals surface area contributed by atoms with Crippen LogP contribution in [0.15, 0.2) is 29.2 Å². The van der Waals surface area contributed by atoms with Gasteiger partial charge in [-0.25, -0.2) is 13.1 Å². The second-order valence-corrected chi connectivity index (χ2v) is 8.12. The molecular formula is C15H22N2O2S2. The van der Waals surface area contributed by atoms with Crippen LogP contribution in [-0.2, 0) is 16.6 Å². The lowest BCUT2D eigenvalue weighted by Gasteiger charge is -2.10. The Balaban J connectivity index is 2.50. The van der Waals surface area contributed by atoms with E-state index in [1.807, 2.05) is 31.2 Å². The van der Waals surface area contributed by atoms with Crippen molar-refractivity contribution in [1.29, 1.82) is 0 Å². The summed E-state index contributed by atoms with van der Waals surface area (Å²) in [6.45, 7) is 7.09. The normalized spacial score (nSPS) is 12.4. The fourth-order valence-electron chi connectivity index (χ4n) is 2.09. The van der Waals surface area contributed by atoms with Crippen molar-refractivity contribution in [3.8, 4) is 0 Å². The Kier molecular flexibility index (Phi) is 5.37. The Hall–Kier alpha value is -0.950. The summed E-state index contributed by atoms with van der Waals surface area (Å²) in [5, 5.41) is 4.12. The molecule has 0 radical (unpaired) electrons. The van der Waals surface area contributed by atoms with E-state index in [1.54, 1.807) is 11.3 Å². The van der Waals surface area contributed by atoms with Crippen LogP contribution in [0.4, 0.5) is 0 Å². The number of fused-ring (bicyclic) bond motifs is 1. The highest BCUT2D eigenvalue weighted by atomic mass is 32.2. The highest BCUT2D eigenvalue weighted by Gasteiger charge is 2.23. The van der Waals surface area contributed by atoms with Crippen LogP contribution >= 0.6 is 11.3 Å². The third kappa shape index (κ3) is 3.83. The largest absolute Gasteiger partial charge is 0.310 e. The van der Waals surface area contributed by atoms with Crippen molar-refractivity contribution in [3.05, 3.63) is 29.1 Å². The van der Waals surface area contributed by atoms with E-state index in [0.29, 0.717) is 24.0 Å². The summed E-state index contributed by atoms with van der Waals surface area (Å²) in [4.78, 5) is 1.30. The molecule has 116 valence electrons. The number of sulfonamides is 1. The second-order valence-electron chi connectivity index (χ2n) is 5.28. The molecule has 1 aromatic carbocycles. The van der Waals surface area contributed by atoms with Crippen molar-refractivity contribution in [2.24, 2.45) is 0 Å². The van der Waals surface area contributed by atoms with Crippen LogP contribution in [0.25, 0.3) is 10.1 Å². The molecule has 2 aromatic rings. The Morgan fingerprint density at radius 2 is 1.95 bits per heavy atom. The predicted octanol–water partition coefficient (Wildman–Crippen LogP) is 3.09. The van der Waals surface area contributed by atoms with Gasteiger partial charge in [0.2, 0.25) is 10.0 Å². The number of hydrogen-bond donors (Lipinski definition) is 2. The average Bonchev–Trinajstić information content (AvgIpc) is 2.82. The quantitative estimate of drug-likeness (QED) is 0.822. The van der Waals surface area contributed by atoms with Gasteiger partial charge in [0.15, 0.2) is 0 Å². The van der Waals surface area contributed by atoms with Gasteiger partial charge in [-0.1, -0.05) is 39.0 Å². The zero-order chi connectivity index (χ0) is 15.5. The Bertz CT molecular complexity index is 706. The first kappa shape index (κ1) is 16.4. The average molecular weight is 326 g/mol. The summed E-state index contributed by atoms with van der Waals surface area (Å²) in [5.41, 5.74) is 0. The molecule has 2 N–H and O–H groups in total. The number of thiophene rings is 1. The fraction of sp³-hybridized carbons (Fsp3) is 0.467. The molecule has 0 aliphatic heterocycles. The molecule has 0 atom stereocenters. The topological polar surface area (TPSA) is 58.2 Å². The SMILES string of the molecule is CCCNS(=O)(=O)c1c(CNC(C)C)sc2ccccc12. The first-order chi connectivity index (χ1) is 9.95. The molecule has 4 nitrogen and oxygen atoms in total. The number of nitrogens with one attached hydrogen (secondary N) is 2. The summed E-state index contributed by atoms with van der Waals surface area (Å²) in [6.07, 6.45) is 0.779. The number of rotatable bonds is 7. The molecule has 0 spiro atoms. The maximum Gasteiger partial charge on any atom is 0.242 e. The molecule has 2 rings (SSSR count). The third-order valence-corrected chi connectivity index (χ3v) is 5.99. The van der Waals surface area contributed by atoms with Gasteiger partial charge in [0.25, 0.3) is 0 Å². The lowest BCUT2D eigenvalue weighted by atomic mass is 10.2. The molecule has 0 aliphatic carbocycles. The summed E-state index contributed by atoms with van der Waals surface area (Å²) in [7, 11) is -3.46. The summed E-state index contributed by atoms with van der Waals surface area (Å²) < 4.78 is 28.9. The Morgan fingerprint density at radius 3 is 2.62 bits per heavy atom. The molecule has 0 amide bonds. The minimum absolute atomic E-state index is 0.314. The van der Waals surface area contributed by atoms with E-state index in [0.717, 1.165) is 21.4 Å². The first-order valence-electron chi connectivity index (χ1n) is 7.19. The smallest absolute Gasteiger partial charge is 0.242 e. The van der Waals surface area contributed by atoms with Gasteiger partial charge in [0.1, 0.15) is 4.90 Å². The monoisotopic (exact) mass is 326 g/mol. The van der Waals surface area contributed by atoms with E-state index in [1.165, 1.54) is 0 Å². The van der Waals surface area contributed by atoms with Gasteiger partial charge in [-0.2, -0.15) is 0 Å². The van der Waals surface area contributed by atoms with Gasteiger partial charge in [0, 0.05) is 34.1 Å². The number of hydrogen-bond acceptors (Lipinski definition) is 4. The van der Waals surface area contributed by atoms with E-state index in [4.69, 9.17) is 0 Å². The molecule has 0 unspecified atom stereocenters. The predicted molar refractivity (Wildman–Crippen MR) is 89.3 cm³/mol. The zero-order valence-corrected chi connectivity index (χ0v) is 14.3. The molecule has 0 fully saturated rings. The maximum atomic E-state index is 12.6. The van der Waals surface area contributed by atoms with Crippen molar-refractivity contribution in [2.45, 2.75) is 44.7 Å². The van der Waals surface area contributed by atoms with Gasteiger partial charge in [-0.05, 0) is 12.5 Å². The van der Waals surface area contributed by atoms with Crippen LogP contribution in [0.5, 0.6) is 0 Å². The van der Waals surface area contributed by atoms with Gasteiger partial charge in [0.05, 0.1) is 0 Å². The molecule has 6 heteroatoms. The van der Waals surface area contributed by atoms with Crippen LogP contribution in [0.2, 0.25) is 0 Å². The van der Waals surface area contributed by atoms with E-state index in [9.17, 15) is 8.42 Å². The molecule has 21 heavy (non-hydrogen) atoms. The Morgan fingerprint density at radius 1 is 1.24 bits per heavy atom. The number of benzene rings is 1. The summed E-state index contributed by atoms with van der Waals surface area (Å²) in [6, 6.07) is 7.99. The highest BCUT2D eigenvalue weighted by molar-refractivity contribution is 7.90. The van der Waals surface area contributed by atoms with Crippen molar-refractivity contribution in [3.63, 3.8) is 0 Å². The van der Waals surface area contributed by atoms with Crippen molar-refractivity contribution in [2.75, 3.05) is 6.54 Å². The molecular weight excluding hydrogens is 304 g/mol. The molecule has 0 saturated heterocycles. The molecule has 1 heterocycles. The van der Waals surface area contributed by atoms with Crippen molar-refractivity contribution < 1.29 is 8.42 Å². The highest BCUT2D eigenvalue weighted by Crippen LogP contribution is 2.34. The Labute approximate surface area is 130 Å². The van der Waals surface area contributed by atoms with Crippen molar-refractivity contribution >= 4 is 31.4 Å². The zero-order valence-electron chi connectivity index (χ0n) is 12.6. The van der Waals surface area contributed by atoms with Gasteiger partial charge in [-0.3, -0.25) is 0 Å². The van der Waals surface area contributed by atoms with Gasteiger partial charge >= 0.3 is 0 Å². The van der Waals surface area contributed by atoms with Gasteiger partial charge in [-0.15, -0.1) is 11.3 Å². The summed E-state index contributed by atoms with van der Waals surface area (Å²) >= 11 is 1.54. The van der Waals surface area contributed by atoms with Crippen LogP contribution in [0.3, 0.4) is 0 Å². The standard InChI is InChI=1S/C15H22N2O2S2/c1-4-9-17-21(18,19)15-12-7-5-6-8-13(12)20-14(15)10-16-11(2)3/h5-8,11,16-17H,4,9-10H2,1-3H3. The van der Waals surface area contributed by atoms with Crippen LogP contribution in [0.1, 0.15) is 32.1 Å². The second kappa shape index (κ2) is 6.87. The van der Waals surface area contributed by atoms with E-state index >= 15 is 0 Å². The summed E-state index contributed by atoms with van der Waals surface area (Å²) in [5.74, 6) is 0. The van der Waals surface area contributed by atoms with Crippen molar-refractivity contribution in [1.82, 2.24) is 10.0 Å². The first-order valence-corrected chi connectivity index (χ1v) is 9.49. The molecule has 1 aromatic heterocycles. The molecule has 0 aliphatic rings. The minimum atomic E-state index is -3.46. The van der Waals surface area contributed by atoms with Crippen LogP contribution in [0, 0.1) is 0 Å². The van der Waals surface area contributed by atoms with Crippen LogP contribution in [-0.4, -0.2) is 21.0 Å². The minimum Gasteiger partial charge on any atom is -0.310 e. The van der Waals surface area contributed by atoms with E-state index in [-0.39, 0.29) is 0 Å². The third-order valence-electron chi connectivity index (χ3n) is 3.10.